The van der Waals surface area contributed by atoms with Crippen molar-refractivity contribution in [2.24, 2.45) is 5.92 Å². The number of rotatable bonds is 11. The maximum Gasteiger partial charge on any atom is 0.278 e. The lowest BCUT2D eigenvalue weighted by Crippen LogP contribution is -2.42. The van der Waals surface area contributed by atoms with Gasteiger partial charge in [0.05, 0.1) is 11.3 Å². The van der Waals surface area contributed by atoms with Crippen LogP contribution in [0.25, 0.3) is 0 Å². The van der Waals surface area contributed by atoms with Gasteiger partial charge in [0.1, 0.15) is 11.4 Å². The molecule has 7 nitrogen and oxygen atoms in total. The Morgan fingerprint density at radius 1 is 1.16 bits per heavy atom. The Balaban J connectivity index is 1.29. The lowest BCUT2D eigenvalue weighted by Gasteiger charge is -2.23. The van der Waals surface area contributed by atoms with Crippen LogP contribution in [0.15, 0.2) is 54.6 Å². The second kappa shape index (κ2) is 10.9. The number of alkyl halides is 2. The molecule has 1 aliphatic carbocycles. The molecule has 9 heteroatoms. The van der Waals surface area contributed by atoms with E-state index in [1.165, 1.54) is 12.8 Å². The molecule has 0 spiro atoms. The molecule has 2 aromatic carbocycles. The molecule has 1 aliphatic heterocycles. The molecule has 2 amide bonds. The summed E-state index contributed by atoms with van der Waals surface area (Å²) in [5.74, 6) is -2.49. The van der Waals surface area contributed by atoms with Crippen molar-refractivity contribution in [2.45, 2.75) is 64.0 Å². The molecular weight excluding hydrogens is 490 g/mol. The average Bonchev–Trinajstić information content (AvgIpc) is 3.64. The zero-order valence-electron chi connectivity index (χ0n) is 21.4. The number of hydrogen-bond donors (Lipinski definition) is 2. The molecule has 2 heterocycles. The molecule has 0 radical (unpaired) electrons. The van der Waals surface area contributed by atoms with Crippen LogP contribution >= 0.6 is 0 Å². The largest absolute Gasteiger partial charge is 0.487 e. The summed E-state index contributed by atoms with van der Waals surface area (Å²) in [7, 11) is 0. The fourth-order valence-corrected chi connectivity index (χ4v) is 4.77. The van der Waals surface area contributed by atoms with E-state index < -0.39 is 12.5 Å². The van der Waals surface area contributed by atoms with Crippen LogP contribution in [0, 0.1) is 5.92 Å². The maximum absolute atomic E-state index is 13.3. The van der Waals surface area contributed by atoms with Crippen LogP contribution in [0.4, 0.5) is 14.5 Å². The highest BCUT2D eigenvalue weighted by atomic mass is 19.3. The number of ether oxygens (including phenoxy) is 1. The van der Waals surface area contributed by atoms with Crippen molar-refractivity contribution >= 4 is 17.5 Å². The third-order valence-electron chi connectivity index (χ3n) is 6.89. The number of carbonyl (C=O) groups excluding carboxylic acids is 2. The Hall–Kier alpha value is -3.75. The third kappa shape index (κ3) is 6.57. The van der Waals surface area contributed by atoms with Gasteiger partial charge in [0.2, 0.25) is 0 Å². The summed E-state index contributed by atoms with van der Waals surface area (Å²) in [4.78, 5) is 26.5. The fourth-order valence-electron chi connectivity index (χ4n) is 4.77. The number of benzene rings is 2. The van der Waals surface area contributed by atoms with Crippen molar-refractivity contribution in [1.82, 2.24) is 15.1 Å². The van der Waals surface area contributed by atoms with Crippen LogP contribution in [0.2, 0.25) is 0 Å². The highest BCUT2D eigenvalue weighted by molar-refractivity contribution is 6.12. The van der Waals surface area contributed by atoms with Gasteiger partial charge in [-0.25, -0.2) is 8.78 Å². The average molecular weight is 523 g/mol. The first-order valence-corrected chi connectivity index (χ1v) is 13.1. The molecular formula is C29H32F2N4O3. The summed E-state index contributed by atoms with van der Waals surface area (Å²) in [6, 6.07) is 16.1. The van der Waals surface area contributed by atoms with E-state index in [0.717, 1.165) is 18.9 Å². The number of carbonyl (C=O) groups is 2. The third-order valence-corrected chi connectivity index (χ3v) is 6.89. The van der Waals surface area contributed by atoms with Crippen molar-refractivity contribution in [3.05, 3.63) is 77.1 Å². The minimum atomic E-state index is -2.90. The molecule has 38 heavy (non-hydrogen) atoms. The molecule has 1 unspecified atom stereocenters. The molecule has 200 valence electrons. The smallest absolute Gasteiger partial charge is 0.278 e. The van der Waals surface area contributed by atoms with Gasteiger partial charge in [-0.05, 0) is 55.0 Å². The molecule has 1 saturated carbocycles. The number of nitrogens with one attached hydrogen (secondary N) is 2. The lowest BCUT2D eigenvalue weighted by atomic mass is 9.95. The summed E-state index contributed by atoms with van der Waals surface area (Å²) in [6.45, 7) is 0.735. The number of halogens is 2. The lowest BCUT2D eigenvalue weighted by molar-refractivity contribution is -0.0229. The molecule has 1 aromatic heterocycles. The normalized spacial score (nSPS) is 17.0. The van der Waals surface area contributed by atoms with E-state index in [1.807, 2.05) is 24.3 Å². The highest BCUT2D eigenvalue weighted by Gasteiger charge is 2.34. The van der Waals surface area contributed by atoms with Gasteiger partial charge < -0.3 is 15.4 Å². The molecule has 0 saturated heterocycles. The van der Waals surface area contributed by atoms with Gasteiger partial charge in [0.25, 0.3) is 17.7 Å². The first-order valence-electron chi connectivity index (χ1n) is 13.1. The monoisotopic (exact) mass is 522 g/mol. The highest BCUT2D eigenvalue weighted by Crippen LogP contribution is 2.33. The SMILES string of the molecule is CC(F)(F)COc1cccc(CCC2Cc3nn(CCC4CC4)c(C(=O)Nc4ccccc4)c3C(=O)N2)c1. The Morgan fingerprint density at radius 2 is 1.95 bits per heavy atom. The standard InChI is InChI=1S/C29H32F2N4O3/c1-29(30,31)18-38-23-9-5-6-20(16-23)12-13-22-17-24-25(27(36)33-22)26(35(34-24)15-14-19-10-11-19)28(37)32-21-7-3-2-4-8-21/h2-9,16,19,22H,10-15,17-18H2,1H3,(H,32,37)(H,33,36). The molecule has 2 aliphatic rings. The van der Waals surface area contributed by atoms with E-state index in [0.29, 0.717) is 60.1 Å². The molecule has 3 aromatic rings. The minimum Gasteiger partial charge on any atom is -0.487 e. The van der Waals surface area contributed by atoms with Crippen molar-refractivity contribution in [3.63, 3.8) is 0 Å². The summed E-state index contributed by atoms with van der Waals surface area (Å²) in [5, 5.41) is 10.7. The number of nitrogens with zero attached hydrogens (tertiary/aromatic N) is 2. The van der Waals surface area contributed by atoms with Crippen LogP contribution in [0.5, 0.6) is 5.75 Å². The van der Waals surface area contributed by atoms with Gasteiger partial charge in [-0.15, -0.1) is 0 Å². The van der Waals surface area contributed by atoms with Crippen molar-refractivity contribution in [3.8, 4) is 5.75 Å². The van der Waals surface area contributed by atoms with Crippen molar-refractivity contribution < 1.29 is 23.1 Å². The summed E-state index contributed by atoms with van der Waals surface area (Å²) < 4.78 is 33.2. The number of para-hydroxylation sites is 1. The van der Waals surface area contributed by atoms with Gasteiger partial charge in [-0.1, -0.05) is 43.2 Å². The molecule has 1 atom stereocenters. The fraction of sp³-hybridized carbons (Fsp3) is 0.414. The zero-order chi connectivity index (χ0) is 26.7. The Morgan fingerprint density at radius 3 is 2.68 bits per heavy atom. The Kier molecular flexibility index (Phi) is 7.44. The minimum absolute atomic E-state index is 0.156. The van der Waals surface area contributed by atoms with Gasteiger partial charge in [-0.3, -0.25) is 14.3 Å². The maximum atomic E-state index is 13.3. The number of fused-ring (bicyclic) bond motifs is 1. The number of hydrogen-bond acceptors (Lipinski definition) is 4. The summed E-state index contributed by atoms with van der Waals surface area (Å²) in [6.07, 6.45) is 5.11. The predicted octanol–water partition coefficient (Wildman–Crippen LogP) is 5.26. The predicted molar refractivity (Wildman–Crippen MR) is 140 cm³/mol. The summed E-state index contributed by atoms with van der Waals surface area (Å²) >= 11 is 0. The van der Waals surface area contributed by atoms with Gasteiger partial charge >= 0.3 is 0 Å². The second-order valence-corrected chi connectivity index (χ2v) is 10.4. The topological polar surface area (TPSA) is 85.2 Å². The molecule has 0 bridgehead atoms. The number of anilines is 1. The van der Waals surface area contributed by atoms with E-state index in [2.05, 4.69) is 10.6 Å². The van der Waals surface area contributed by atoms with E-state index in [1.54, 1.807) is 35.0 Å². The zero-order valence-corrected chi connectivity index (χ0v) is 21.4. The van der Waals surface area contributed by atoms with Gasteiger partial charge in [0.15, 0.2) is 6.61 Å². The van der Waals surface area contributed by atoms with Crippen LogP contribution < -0.4 is 15.4 Å². The van der Waals surface area contributed by atoms with E-state index >= 15 is 0 Å². The van der Waals surface area contributed by atoms with E-state index in [-0.39, 0.29) is 17.9 Å². The van der Waals surface area contributed by atoms with Crippen LogP contribution in [0.3, 0.4) is 0 Å². The van der Waals surface area contributed by atoms with E-state index in [9.17, 15) is 18.4 Å². The first-order chi connectivity index (χ1) is 18.2. The van der Waals surface area contributed by atoms with Crippen molar-refractivity contribution in [2.75, 3.05) is 11.9 Å². The van der Waals surface area contributed by atoms with E-state index in [4.69, 9.17) is 9.84 Å². The Bertz CT molecular complexity index is 1300. The van der Waals surface area contributed by atoms with Gasteiger partial charge in [-0.2, -0.15) is 5.10 Å². The quantitative estimate of drug-likeness (QED) is 0.360. The Labute approximate surface area is 220 Å². The molecule has 5 rings (SSSR count). The summed E-state index contributed by atoms with van der Waals surface area (Å²) in [5.41, 5.74) is 2.87. The molecule has 1 fully saturated rings. The molecule has 2 N–H and O–H groups in total. The van der Waals surface area contributed by atoms with Gasteiger partial charge in [0, 0.05) is 31.6 Å². The van der Waals surface area contributed by atoms with Crippen LogP contribution in [-0.2, 0) is 19.4 Å². The second-order valence-electron chi connectivity index (χ2n) is 10.4. The number of amides is 2. The van der Waals surface area contributed by atoms with Crippen LogP contribution in [0.1, 0.15) is 64.7 Å². The van der Waals surface area contributed by atoms with Crippen molar-refractivity contribution in [1.29, 1.82) is 0 Å². The first kappa shape index (κ1) is 25.9. The number of aryl methyl sites for hydroxylation is 2. The number of aromatic nitrogens is 2. The van der Waals surface area contributed by atoms with Crippen LogP contribution in [-0.4, -0.2) is 40.2 Å².